The van der Waals surface area contributed by atoms with E-state index >= 15 is 0 Å². The average Bonchev–Trinajstić information content (AvgIpc) is 2.83. The van der Waals surface area contributed by atoms with Crippen molar-refractivity contribution in [2.45, 2.75) is 12.5 Å². The molecule has 0 bridgehead atoms. The lowest BCUT2D eigenvalue weighted by Crippen LogP contribution is -2.41. The van der Waals surface area contributed by atoms with Crippen molar-refractivity contribution in [1.82, 2.24) is 4.90 Å². The van der Waals surface area contributed by atoms with E-state index in [9.17, 15) is 13.6 Å². The van der Waals surface area contributed by atoms with E-state index < -0.39 is 23.1 Å². The number of ether oxygens (including phenoxy) is 1. The van der Waals surface area contributed by atoms with Gasteiger partial charge in [-0.15, -0.1) is 0 Å². The lowest BCUT2D eigenvalue weighted by molar-refractivity contribution is -0.129. The molecule has 2 N–H and O–H groups in total. The maximum absolute atomic E-state index is 14.6. The van der Waals surface area contributed by atoms with Gasteiger partial charge < -0.3 is 10.5 Å². The van der Waals surface area contributed by atoms with Crippen molar-refractivity contribution in [3.63, 3.8) is 0 Å². The quantitative estimate of drug-likeness (QED) is 0.928. The summed E-state index contributed by atoms with van der Waals surface area (Å²) in [6, 6.07) is 8.57. The number of nitrogens with zero attached hydrogens (tertiary/aromatic N) is 2. The lowest BCUT2D eigenvalue weighted by atomic mass is 9.81. The molecule has 7 heteroatoms. The SMILES string of the molecule is COc1ccc(C2(c3cc(C)c(F)cc3F)N=C(N)N(C)C2=O)cc1. The van der Waals surface area contributed by atoms with Gasteiger partial charge in [-0.1, -0.05) is 12.1 Å². The Labute approximate surface area is 143 Å². The van der Waals surface area contributed by atoms with Crippen LogP contribution in [0.15, 0.2) is 41.4 Å². The topological polar surface area (TPSA) is 67.9 Å². The largest absolute Gasteiger partial charge is 0.497 e. The highest BCUT2D eigenvalue weighted by Crippen LogP contribution is 2.41. The van der Waals surface area contributed by atoms with Gasteiger partial charge in [0, 0.05) is 18.7 Å². The van der Waals surface area contributed by atoms with Crippen molar-refractivity contribution in [3.05, 3.63) is 64.7 Å². The van der Waals surface area contributed by atoms with Gasteiger partial charge in [0.15, 0.2) is 11.5 Å². The number of nitrogens with two attached hydrogens (primary N) is 1. The molecular formula is C18H17F2N3O2. The van der Waals surface area contributed by atoms with E-state index in [1.165, 1.54) is 27.1 Å². The number of rotatable bonds is 3. The molecule has 0 spiro atoms. The van der Waals surface area contributed by atoms with Gasteiger partial charge in [-0.2, -0.15) is 0 Å². The molecule has 130 valence electrons. The Hall–Kier alpha value is -2.96. The normalized spacial score (nSPS) is 20.0. The molecule has 3 rings (SSSR count). The van der Waals surface area contributed by atoms with Gasteiger partial charge in [0.25, 0.3) is 5.91 Å². The fraction of sp³-hybridized carbons (Fsp3) is 0.222. The summed E-state index contributed by atoms with van der Waals surface area (Å²) < 4.78 is 33.5. The molecule has 1 amide bonds. The number of hydrogen-bond acceptors (Lipinski definition) is 4. The number of methoxy groups -OCH3 is 1. The van der Waals surface area contributed by atoms with Crippen LogP contribution in [0.5, 0.6) is 5.75 Å². The molecule has 0 fully saturated rings. The van der Waals surface area contributed by atoms with Crippen molar-refractivity contribution < 1.29 is 18.3 Å². The lowest BCUT2D eigenvalue weighted by Gasteiger charge is -2.27. The van der Waals surface area contributed by atoms with E-state index in [0.717, 1.165) is 11.0 Å². The van der Waals surface area contributed by atoms with E-state index in [0.29, 0.717) is 11.3 Å². The predicted molar refractivity (Wildman–Crippen MR) is 89.3 cm³/mol. The number of carbonyl (C=O) groups is 1. The number of carbonyl (C=O) groups excluding carboxylic acids is 1. The summed E-state index contributed by atoms with van der Waals surface area (Å²) in [5.74, 6) is -1.53. The first-order valence-corrected chi connectivity index (χ1v) is 7.55. The van der Waals surface area contributed by atoms with Crippen LogP contribution in [0.25, 0.3) is 0 Å². The summed E-state index contributed by atoms with van der Waals surface area (Å²) in [4.78, 5) is 18.4. The second-order valence-electron chi connectivity index (χ2n) is 5.85. The number of aliphatic imine (C=N–C) groups is 1. The molecule has 25 heavy (non-hydrogen) atoms. The van der Waals surface area contributed by atoms with Crippen molar-refractivity contribution in [3.8, 4) is 5.75 Å². The molecule has 0 aromatic heterocycles. The maximum Gasteiger partial charge on any atom is 0.266 e. The monoisotopic (exact) mass is 345 g/mol. The van der Waals surface area contributed by atoms with Gasteiger partial charge in [0.05, 0.1) is 7.11 Å². The molecule has 0 aliphatic carbocycles. The Balaban J connectivity index is 2.31. The second kappa shape index (κ2) is 5.84. The van der Waals surface area contributed by atoms with E-state index in [1.807, 2.05) is 0 Å². The van der Waals surface area contributed by atoms with Crippen LogP contribution in [0.1, 0.15) is 16.7 Å². The molecule has 1 aliphatic heterocycles. The van der Waals surface area contributed by atoms with Crippen molar-refractivity contribution in [1.29, 1.82) is 0 Å². The van der Waals surface area contributed by atoms with E-state index in [2.05, 4.69) is 4.99 Å². The number of aryl methyl sites for hydroxylation is 1. The molecule has 0 radical (unpaired) electrons. The highest BCUT2D eigenvalue weighted by molar-refractivity contribution is 6.08. The first kappa shape index (κ1) is 16.9. The van der Waals surface area contributed by atoms with Crippen LogP contribution in [-0.4, -0.2) is 30.9 Å². The minimum atomic E-state index is -1.70. The van der Waals surface area contributed by atoms with Crippen LogP contribution in [0.3, 0.4) is 0 Å². The predicted octanol–water partition coefficient (Wildman–Crippen LogP) is 2.31. The van der Waals surface area contributed by atoms with Crippen LogP contribution in [0.2, 0.25) is 0 Å². The zero-order chi connectivity index (χ0) is 18.4. The third kappa shape index (κ3) is 2.43. The molecular weight excluding hydrogens is 328 g/mol. The van der Waals surface area contributed by atoms with Crippen LogP contribution < -0.4 is 10.5 Å². The maximum atomic E-state index is 14.6. The molecule has 1 aliphatic rings. The molecule has 0 saturated carbocycles. The van der Waals surface area contributed by atoms with Crippen molar-refractivity contribution in [2.24, 2.45) is 10.7 Å². The summed E-state index contributed by atoms with van der Waals surface area (Å²) in [5, 5.41) is 0. The molecule has 0 saturated heterocycles. The molecule has 2 aromatic rings. The minimum absolute atomic E-state index is 0.0396. The van der Waals surface area contributed by atoms with Gasteiger partial charge in [-0.3, -0.25) is 9.69 Å². The number of likely N-dealkylation sites (N-methyl/N-ethyl adjacent to an activating group) is 1. The van der Waals surface area contributed by atoms with Gasteiger partial charge >= 0.3 is 0 Å². The third-order valence-corrected chi connectivity index (χ3v) is 4.39. The fourth-order valence-corrected chi connectivity index (χ4v) is 2.93. The summed E-state index contributed by atoms with van der Waals surface area (Å²) in [5.41, 5.74) is 4.70. The van der Waals surface area contributed by atoms with Crippen LogP contribution in [0.4, 0.5) is 8.78 Å². The first-order valence-electron chi connectivity index (χ1n) is 7.55. The summed E-state index contributed by atoms with van der Waals surface area (Å²) in [6.45, 7) is 1.50. The fourth-order valence-electron chi connectivity index (χ4n) is 2.93. The Kier molecular flexibility index (Phi) is 3.94. The number of benzene rings is 2. The Morgan fingerprint density at radius 1 is 1.16 bits per heavy atom. The van der Waals surface area contributed by atoms with E-state index in [-0.39, 0.29) is 17.1 Å². The number of amides is 1. The number of hydrogen-bond donors (Lipinski definition) is 1. The third-order valence-electron chi connectivity index (χ3n) is 4.39. The van der Waals surface area contributed by atoms with Crippen LogP contribution in [0, 0.1) is 18.6 Å². The molecule has 2 aromatic carbocycles. The molecule has 1 heterocycles. The Morgan fingerprint density at radius 3 is 2.32 bits per heavy atom. The molecule has 5 nitrogen and oxygen atoms in total. The summed E-state index contributed by atoms with van der Waals surface area (Å²) >= 11 is 0. The number of halogens is 2. The highest BCUT2D eigenvalue weighted by Gasteiger charge is 2.51. The van der Waals surface area contributed by atoms with Crippen molar-refractivity contribution >= 4 is 11.9 Å². The molecule has 1 atom stereocenters. The minimum Gasteiger partial charge on any atom is -0.497 e. The standard InChI is InChI=1S/C18H17F2N3O2/c1-10-8-13(15(20)9-14(10)19)18(16(24)23(2)17(21)22-18)11-4-6-12(25-3)7-5-11/h4-9H,1-3H3,(H2,21,22). The smallest absolute Gasteiger partial charge is 0.266 e. The Morgan fingerprint density at radius 2 is 1.80 bits per heavy atom. The zero-order valence-corrected chi connectivity index (χ0v) is 14.0. The van der Waals surface area contributed by atoms with Crippen molar-refractivity contribution in [2.75, 3.05) is 14.2 Å². The second-order valence-corrected chi connectivity index (χ2v) is 5.85. The zero-order valence-electron chi connectivity index (χ0n) is 14.0. The van der Waals surface area contributed by atoms with Crippen LogP contribution >= 0.6 is 0 Å². The Bertz CT molecular complexity index is 881. The van der Waals surface area contributed by atoms with Crippen LogP contribution in [-0.2, 0) is 10.3 Å². The van der Waals surface area contributed by atoms with Gasteiger partial charge in [0.2, 0.25) is 0 Å². The van der Waals surface area contributed by atoms with Gasteiger partial charge in [-0.05, 0) is 36.2 Å². The molecule has 1 unspecified atom stereocenters. The highest BCUT2D eigenvalue weighted by atomic mass is 19.1. The van der Waals surface area contributed by atoms with Gasteiger partial charge in [-0.25, -0.2) is 13.8 Å². The summed E-state index contributed by atoms with van der Waals surface area (Å²) in [7, 11) is 2.97. The van der Waals surface area contributed by atoms with E-state index in [4.69, 9.17) is 10.5 Å². The number of guanidine groups is 1. The first-order chi connectivity index (χ1) is 11.8. The van der Waals surface area contributed by atoms with Gasteiger partial charge in [0.1, 0.15) is 17.4 Å². The average molecular weight is 345 g/mol. The summed E-state index contributed by atoms with van der Waals surface area (Å²) in [6.07, 6.45) is 0. The van der Waals surface area contributed by atoms with E-state index in [1.54, 1.807) is 24.3 Å².